The highest BCUT2D eigenvalue weighted by Crippen LogP contribution is 2.13. The molecule has 1 heterocycles. The zero-order valence-electron chi connectivity index (χ0n) is 12.4. The van der Waals surface area contributed by atoms with E-state index in [-0.39, 0.29) is 18.3 Å². The summed E-state index contributed by atoms with van der Waals surface area (Å²) in [6.07, 6.45) is 5.92. The minimum atomic E-state index is -0.315. The normalized spacial score (nSPS) is 10.4. The molecule has 0 radical (unpaired) electrons. The van der Waals surface area contributed by atoms with Gasteiger partial charge < -0.3 is 5.32 Å². The van der Waals surface area contributed by atoms with E-state index in [0.29, 0.717) is 11.3 Å². The number of nitrogens with zero attached hydrogens (tertiary/aromatic N) is 1. The molecule has 2 rings (SSSR count). The molecule has 0 fully saturated rings. The minimum Gasteiger partial charge on any atom is -0.320 e. The SMILES string of the molecule is CCCc1cc[n+](CC(=O)Nc2ccc(C)c(F)c2)cc1. The minimum absolute atomic E-state index is 0.175. The van der Waals surface area contributed by atoms with Gasteiger partial charge >= 0.3 is 0 Å². The van der Waals surface area contributed by atoms with Gasteiger partial charge in [0, 0.05) is 17.8 Å². The van der Waals surface area contributed by atoms with Crippen molar-refractivity contribution in [2.75, 3.05) is 5.32 Å². The van der Waals surface area contributed by atoms with Crippen LogP contribution < -0.4 is 9.88 Å². The van der Waals surface area contributed by atoms with E-state index in [0.717, 1.165) is 12.8 Å². The third-order valence-corrected chi connectivity index (χ3v) is 3.28. The van der Waals surface area contributed by atoms with Gasteiger partial charge in [-0.25, -0.2) is 4.39 Å². The Morgan fingerprint density at radius 2 is 1.95 bits per heavy atom. The molecule has 1 N–H and O–H groups in total. The first kappa shape index (κ1) is 15.2. The van der Waals surface area contributed by atoms with Crippen molar-refractivity contribution in [2.45, 2.75) is 33.2 Å². The van der Waals surface area contributed by atoms with Gasteiger partial charge in [0.15, 0.2) is 12.4 Å². The fraction of sp³-hybridized carbons (Fsp3) is 0.294. The summed E-state index contributed by atoms with van der Waals surface area (Å²) in [5, 5.41) is 2.70. The Bertz CT molecular complexity index is 623. The Morgan fingerprint density at radius 3 is 2.57 bits per heavy atom. The molecule has 0 bridgehead atoms. The third kappa shape index (κ3) is 4.38. The van der Waals surface area contributed by atoms with E-state index in [1.165, 1.54) is 11.6 Å². The van der Waals surface area contributed by atoms with Crippen molar-refractivity contribution >= 4 is 11.6 Å². The Kier molecular flexibility index (Phi) is 5.04. The monoisotopic (exact) mass is 287 g/mol. The number of benzene rings is 1. The van der Waals surface area contributed by atoms with E-state index in [9.17, 15) is 9.18 Å². The van der Waals surface area contributed by atoms with E-state index in [2.05, 4.69) is 12.2 Å². The molecule has 3 nitrogen and oxygen atoms in total. The summed E-state index contributed by atoms with van der Waals surface area (Å²) >= 11 is 0. The zero-order chi connectivity index (χ0) is 15.2. The van der Waals surface area contributed by atoms with Crippen molar-refractivity contribution in [3.05, 3.63) is 59.7 Å². The van der Waals surface area contributed by atoms with Gasteiger partial charge in [-0.05, 0) is 36.6 Å². The summed E-state index contributed by atoms with van der Waals surface area (Å²) in [5.41, 5.74) is 2.30. The number of anilines is 1. The van der Waals surface area contributed by atoms with Crippen molar-refractivity contribution in [3.8, 4) is 0 Å². The maximum absolute atomic E-state index is 13.4. The van der Waals surface area contributed by atoms with Crippen LogP contribution in [0.25, 0.3) is 0 Å². The fourth-order valence-electron chi connectivity index (χ4n) is 2.09. The number of hydrogen-bond acceptors (Lipinski definition) is 1. The number of nitrogens with one attached hydrogen (secondary N) is 1. The quantitative estimate of drug-likeness (QED) is 0.843. The summed E-state index contributed by atoms with van der Waals surface area (Å²) in [6, 6.07) is 8.72. The molecule has 0 spiro atoms. The van der Waals surface area contributed by atoms with Crippen LogP contribution in [0.15, 0.2) is 42.7 Å². The zero-order valence-corrected chi connectivity index (χ0v) is 12.4. The van der Waals surface area contributed by atoms with Crippen LogP contribution in [0.4, 0.5) is 10.1 Å². The highest BCUT2D eigenvalue weighted by molar-refractivity contribution is 5.89. The lowest BCUT2D eigenvalue weighted by Crippen LogP contribution is -2.39. The molecule has 2 aromatic rings. The second kappa shape index (κ2) is 6.97. The van der Waals surface area contributed by atoms with Gasteiger partial charge in [-0.2, -0.15) is 4.57 Å². The second-order valence-corrected chi connectivity index (χ2v) is 5.14. The van der Waals surface area contributed by atoms with Gasteiger partial charge in [0.1, 0.15) is 5.82 Å². The largest absolute Gasteiger partial charge is 0.320 e. The summed E-state index contributed by atoms with van der Waals surface area (Å²) in [4.78, 5) is 11.9. The molecule has 0 aliphatic heterocycles. The summed E-state index contributed by atoms with van der Waals surface area (Å²) in [6.45, 7) is 4.03. The topological polar surface area (TPSA) is 33.0 Å². The van der Waals surface area contributed by atoms with E-state index in [1.807, 2.05) is 24.5 Å². The van der Waals surface area contributed by atoms with E-state index < -0.39 is 0 Å². The summed E-state index contributed by atoms with van der Waals surface area (Å²) < 4.78 is 15.2. The predicted octanol–water partition coefficient (Wildman–Crippen LogP) is 3.01. The Morgan fingerprint density at radius 1 is 1.24 bits per heavy atom. The number of aromatic nitrogens is 1. The number of rotatable bonds is 5. The van der Waals surface area contributed by atoms with Crippen LogP contribution in [0.5, 0.6) is 0 Å². The lowest BCUT2D eigenvalue weighted by atomic mass is 10.1. The molecule has 21 heavy (non-hydrogen) atoms. The van der Waals surface area contributed by atoms with Crippen molar-refractivity contribution in [1.82, 2.24) is 0 Å². The maximum atomic E-state index is 13.4. The van der Waals surface area contributed by atoms with E-state index >= 15 is 0 Å². The number of hydrogen-bond donors (Lipinski definition) is 1. The molecule has 0 aliphatic carbocycles. The van der Waals surface area contributed by atoms with Crippen molar-refractivity contribution in [3.63, 3.8) is 0 Å². The smallest absolute Gasteiger partial charge is 0.290 e. The summed E-state index contributed by atoms with van der Waals surface area (Å²) in [5.74, 6) is -0.490. The third-order valence-electron chi connectivity index (χ3n) is 3.28. The lowest BCUT2D eigenvalue weighted by molar-refractivity contribution is -0.684. The molecule has 0 saturated carbocycles. The Hall–Kier alpha value is -2.23. The molecule has 0 atom stereocenters. The maximum Gasteiger partial charge on any atom is 0.290 e. The van der Waals surface area contributed by atoms with E-state index in [4.69, 9.17) is 0 Å². The number of amides is 1. The van der Waals surface area contributed by atoms with Crippen molar-refractivity contribution in [1.29, 1.82) is 0 Å². The van der Waals surface area contributed by atoms with Gasteiger partial charge in [-0.3, -0.25) is 4.79 Å². The van der Waals surface area contributed by atoms with Crippen LogP contribution in [0, 0.1) is 12.7 Å². The highest BCUT2D eigenvalue weighted by atomic mass is 19.1. The van der Waals surface area contributed by atoms with Crippen molar-refractivity contribution < 1.29 is 13.8 Å². The Labute approximate surface area is 124 Å². The molecule has 1 aromatic heterocycles. The van der Waals surface area contributed by atoms with Crippen LogP contribution in [-0.2, 0) is 17.8 Å². The van der Waals surface area contributed by atoms with Crippen LogP contribution in [0.2, 0.25) is 0 Å². The van der Waals surface area contributed by atoms with Crippen LogP contribution in [0.1, 0.15) is 24.5 Å². The number of pyridine rings is 1. The molecule has 1 amide bonds. The first-order valence-corrected chi connectivity index (χ1v) is 7.12. The van der Waals surface area contributed by atoms with Gasteiger partial charge in [0.05, 0.1) is 0 Å². The number of carbonyl (C=O) groups is 1. The molecule has 110 valence electrons. The first-order chi connectivity index (χ1) is 10.1. The molecule has 0 aliphatic rings. The first-order valence-electron chi connectivity index (χ1n) is 7.12. The summed E-state index contributed by atoms with van der Waals surface area (Å²) in [7, 11) is 0. The van der Waals surface area contributed by atoms with Gasteiger partial charge in [0.2, 0.25) is 6.54 Å². The molecular weight excluding hydrogens is 267 g/mol. The number of carbonyl (C=O) groups excluding carboxylic acids is 1. The highest BCUT2D eigenvalue weighted by Gasteiger charge is 2.10. The number of aryl methyl sites for hydroxylation is 2. The number of halogens is 1. The molecule has 0 saturated heterocycles. The molecule has 1 aromatic carbocycles. The Balaban J connectivity index is 1.96. The predicted molar refractivity (Wildman–Crippen MR) is 80.4 cm³/mol. The average Bonchev–Trinajstić information content (AvgIpc) is 2.45. The van der Waals surface area contributed by atoms with Gasteiger partial charge in [-0.15, -0.1) is 0 Å². The van der Waals surface area contributed by atoms with Gasteiger partial charge in [0.25, 0.3) is 5.91 Å². The second-order valence-electron chi connectivity index (χ2n) is 5.14. The molecule has 4 heteroatoms. The fourth-order valence-corrected chi connectivity index (χ4v) is 2.09. The molecule has 0 unspecified atom stereocenters. The van der Waals surface area contributed by atoms with Crippen LogP contribution in [0.3, 0.4) is 0 Å². The van der Waals surface area contributed by atoms with Gasteiger partial charge in [-0.1, -0.05) is 19.4 Å². The molecular formula is C17H20FN2O+. The van der Waals surface area contributed by atoms with Crippen LogP contribution >= 0.6 is 0 Å². The lowest BCUT2D eigenvalue weighted by Gasteiger charge is -2.05. The average molecular weight is 287 g/mol. The standard InChI is InChI=1S/C17H19FN2O/c1-3-4-14-7-9-20(10-8-14)12-17(21)19-15-6-5-13(2)16(18)11-15/h5-11H,3-4,12H2,1-2H3/p+1. The van der Waals surface area contributed by atoms with E-state index in [1.54, 1.807) is 23.6 Å². The van der Waals surface area contributed by atoms with Crippen LogP contribution in [-0.4, -0.2) is 5.91 Å². The van der Waals surface area contributed by atoms with Crippen molar-refractivity contribution in [2.24, 2.45) is 0 Å².